The van der Waals surface area contributed by atoms with Crippen molar-refractivity contribution >= 4 is 0 Å². The van der Waals surface area contributed by atoms with Crippen LogP contribution in [0, 0.1) is 0 Å². The molecule has 0 saturated carbocycles. The first-order valence-electron chi connectivity index (χ1n) is 5.04. The van der Waals surface area contributed by atoms with Crippen molar-refractivity contribution in [1.29, 1.82) is 0 Å². The topological polar surface area (TPSA) is 39.1 Å². The molecule has 2 heterocycles. The van der Waals surface area contributed by atoms with Crippen molar-refractivity contribution in [3.8, 4) is 0 Å². The molecule has 1 aliphatic rings. The van der Waals surface area contributed by atoms with Gasteiger partial charge in [0.05, 0.1) is 11.9 Å². The van der Waals surface area contributed by atoms with Gasteiger partial charge in [-0.15, -0.1) is 0 Å². The van der Waals surface area contributed by atoms with Crippen LogP contribution in [0.4, 0.5) is 0 Å². The highest BCUT2D eigenvalue weighted by Gasteiger charge is 2.37. The first kappa shape index (κ1) is 9.68. The smallest absolute Gasteiger partial charge is 0.0980 e. The Morgan fingerprint density at radius 1 is 1.64 bits per heavy atom. The highest BCUT2D eigenvalue weighted by molar-refractivity contribution is 5.08. The Balaban J connectivity index is 2.09. The molecule has 0 aromatic carbocycles. The highest BCUT2D eigenvalue weighted by atomic mass is 16.5. The summed E-state index contributed by atoms with van der Waals surface area (Å²) < 4.78 is 7.71. The summed E-state index contributed by atoms with van der Waals surface area (Å²) in [6.45, 7) is 4.99. The van der Waals surface area contributed by atoms with E-state index in [9.17, 15) is 0 Å². The van der Waals surface area contributed by atoms with Crippen molar-refractivity contribution in [3.05, 3.63) is 18.2 Å². The van der Waals surface area contributed by atoms with Crippen molar-refractivity contribution in [2.24, 2.45) is 0 Å². The van der Waals surface area contributed by atoms with E-state index < -0.39 is 0 Å². The van der Waals surface area contributed by atoms with Gasteiger partial charge in [-0.25, -0.2) is 4.98 Å². The molecule has 0 unspecified atom stereocenters. The van der Waals surface area contributed by atoms with E-state index in [4.69, 9.17) is 4.74 Å². The molecule has 1 aromatic rings. The van der Waals surface area contributed by atoms with Crippen LogP contribution in [0.3, 0.4) is 0 Å². The fraction of sp³-hybridized carbons (Fsp3) is 0.700. The van der Waals surface area contributed by atoms with E-state index in [1.807, 2.05) is 12.5 Å². The van der Waals surface area contributed by atoms with Crippen LogP contribution in [-0.2, 0) is 17.7 Å². The van der Waals surface area contributed by atoms with Gasteiger partial charge in [-0.05, 0) is 6.92 Å². The zero-order chi connectivity index (χ0) is 10.0. The Bertz CT molecular complexity index is 299. The van der Waals surface area contributed by atoms with E-state index in [0.717, 1.165) is 26.1 Å². The molecule has 1 N–H and O–H groups in total. The average Bonchev–Trinajstić information content (AvgIpc) is 2.58. The minimum absolute atomic E-state index is 0.00690. The number of aryl methyl sites for hydroxylation is 1. The van der Waals surface area contributed by atoms with Crippen LogP contribution in [-0.4, -0.2) is 35.4 Å². The first-order valence-corrected chi connectivity index (χ1v) is 5.04. The standard InChI is InChI=1S/C10H17N3O/c1-3-13-8-11-5-9(13)4-10(14-2)6-12-7-10/h5,8,12H,3-4,6-7H2,1-2H3. The average molecular weight is 195 g/mol. The number of imidazole rings is 1. The van der Waals surface area contributed by atoms with Crippen LogP contribution in [0.1, 0.15) is 12.6 Å². The lowest BCUT2D eigenvalue weighted by Crippen LogP contribution is -2.62. The number of nitrogens with one attached hydrogen (secondary N) is 1. The van der Waals surface area contributed by atoms with Crippen LogP contribution in [0.2, 0.25) is 0 Å². The second-order valence-corrected chi connectivity index (χ2v) is 3.84. The van der Waals surface area contributed by atoms with Crippen molar-refractivity contribution < 1.29 is 4.74 Å². The molecule has 1 saturated heterocycles. The normalized spacial score (nSPS) is 19.3. The maximum absolute atomic E-state index is 5.54. The van der Waals surface area contributed by atoms with E-state index in [1.54, 1.807) is 7.11 Å². The molecule has 1 aromatic heterocycles. The number of ether oxygens (including phenoxy) is 1. The molecule has 0 amide bonds. The molecule has 1 fully saturated rings. The Morgan fingerprint density at radius 2 is 2.43 bits per heavy atom. The van der Waals surface area contributed by atoms with Gasteiger partial charge in [-0.1, -0.05) is 0 Å². The van der Waals surface area contributed by atoms with Crippen LogP contribution >= 0.6 is 0 Å². The summed E-state index contributed by atoms with van der Waals surface area (Å²) in [5.74, 6) is 0. The molecule has 78 valence electrons. The van der Waals surface area contributed by atoms with E-state index in [2.05, 4.69) is 21.8 Å². The summed E-state index contributed by atoms with van der Waals surface area (Å²) in [5, 5.41) is 3.25. The summed E-state index contributed by atoms with van der Waals surface area (Å²) in [7, 11) is 1.79. The lowest BCUT2D eigenvalue weighted by molar-refractivity contribution is -0.0513. The van der Waals surface area contributed by atoms with Gasteiger partial charge in [0.25, 0.3) is 0 Å². The van der Waals surface area contributed by atoms with E-state index in [0.29, 0.717) is 0 Å². The lowest BCUT2D eigenvalue weighted by Gasteiger charge is -2.41. The molecule has 1 aliphatic heterocycles. The van der Waals surface area contributed by atoms with Gasteiger partial charge in [-0.2, -0.15) is 0 Å². The minimum Gasteiger partial charge on any atom is -0.375 e. The molecule has 2 rings (SSSR count). The Morgan fingerprint density at radius 3 is 2.93 bits per heavy atom. The largest absolute Gasteiger partial charge is 0.375 e. The fourth-order valence-electron chi connectivity index (χ4n) is 1.86. The summed E-state index contributed by atoms with van der Waals surface area (Å²) in [6, 6.07) is 0. The maximum Gasteiger partial charge on any atom is 0.0980 e. The van der Waals surface area contributed by atoms with Gasteiger partial charge in [0.15, 0.2) is 0 Å². The summed E-state index contributed by atoms with van der Waals surface area (Å²) >= 11 is 0. The summed E-state index contributed by atoms with van der Waals surface area (Å²) in [6.07, 6.45) is 4.76. The maximum atomic E-state index is 5.54. The van der Waals surface area contributed by atoms with E-state index in [-0.39, 0.29) is 5.60 Å². The monoisotopic (exact) mass is 195 g/mol. The van der Waals surface area contributed by atoms with Gasteiger partial charge in [0, 0.05) is 45.1 Å². The minimum atomic E-state index is 0.00690. The van der Waals surface area contributed by atoms with Crippen molar-refractivity contribution in [2.75, 3.05) is 20.2 Å². The second-order valence-electron chi connectivity index (χ2n) is 3.84. The molecule has 0 aliphatic carbocycles. The van der Waals surface area contributed by atoms with Crippen molar-refractivity contribution in [1.82, 2.24) is 14.9 Å². The molecule has 14 heavy (non-hydrogen) atoms. The number of rotatable bonds is 4. The van der Waals surface area contributed by atoms with Gasteiger partial charge in [0.2, 0.25) is 0 Å². The van der Waals surface area contributed by atoms with E-state index in [1.165, 1.54) is 5.69 Å². The molecule has 4 nitrogen and oxygen atoms in total. The van der Waals surface area contributed by atoms with Gasteiger partial charge >= 0.3 is 0 Å². The third kappa shape index (κ3) is 1.55. The third-order valence-electron chi connectivity index (χ3n) is 2.97. The zero-order valence-electron chi connectivity index (χ0n) is 8.79. The highest BCUT2D eigenvalue weighted by Crippen LogP contribution is 2.21. The first-order chi connectivity index (χ1) is 6.79. The third-order valence-corrected chi connectivity index (χ3v) is 2.97. The number of aromatic nitrogens is 2. The molecule has 0 atom stereocenters. The van der Waals surface area contributed by atoms with Crippen LogP contribution in [0.15, 0.2) is 12.5 Å². The number of methoxy groups -OCH3 is 1. The Labute approximate surface area is 84.3 Å². The van der Waals surface area contributed by atoms with Crippen LogP contribution < -0.4 is 5.32 Å². The van der Waals surface area contributed by atoms with Gasteiger partial charge < -0.3 is 14.6 Å². The summed E-state index contributed by atoms with van der Waals surface area (Å²) in [5.41, 5.74) is 1.27. The van der Waals surface area contributed by atoms with Gasteiger partial charge in [-0.3, -0.25) is 0 Å². The molecular formula is C10H17N3O. The fourth-order valence-corrected chi connectivity index (χ4v) is 1.86. The van der Waals surface area contributed by atoms with Gasteiger partial charge in [0.1, 0.15) is 0 Å². The summed E-state index contributed by atoms with van der Waals surface area (Å²) in [4.78, 5) is 4.16. The number of hydrogen-bond donors (Lipinski definition) is 1. The van der Waals surface area contributed by atoms with Crippen LogP contribution in [0.5, 0.6) is 0 Å². The quantitative estimate of drug-likeness (QED) is 0.757. The molecular weight excluding hydrogens is 178 g/mol. The van der Waals surface area contributed by atoms with E-state index >= 15 is 0 Å². The molecule has 4 heteroatoms. The van der Waals surface area contributed by atoms with Crippen molar-refractivity contribution in [2.45, 2.75) is 25.5 Å². The Hall–Kier alpha value is -0.870. The SMILES string of the molecule is CCn1cncc1CC1(OC)CNC1. The lowest BCUT2D eigenvalue weighted by atomic mass is 9.91. The number of hydrogen-bond acceptors (Lipinski definition) is 3. The molecule has 0 spiro atoms. The Kier molecular flexibility index (Phi) is 2.56. The van der Waals surface area contributed by atoms with Crippen molar-refractivity contribution in [3.63, 3.8) is 0 Å². The number of nitrogens with zero attached hydrogens (tertiary/aromatic N) is 2. The van der Waals surface area contributed by atoms with Crippen LogP contribution in [0.25, 0.3) is 0 Å². The predicted octanol–water partition coefficient (Wildman–Crippen LogP) is 0.434. The predicted molar refractivity (Wildman–Crippen MR) is 54.2 cm³/mol. The molecule has 0 bridgehead atoms. The zero-order valence-corrected chi connectivity index (χ0v) is 8.79. The molecule has 0 radical (unpaired) electrons. The second kappa shape index (κ2) is 3.71.